The summed E-state index contributed by atoms with van der Waals surface area (Å²) >= 11 is 0. The number of H-pyrrole nitrogens is 1. The number of hydrogen-bond acceptors (Lipinski definition) is 3. The zero-order valence-corrected chi connectivity index (χ0v) is 19.9. The van der Waals surface area contributed by atoms with Gasteiger partial charge < -0.3 is 20.9 Å². The highest BCUT2D eigenvalue weighted by atomic mass is 16.2. The number of aryl methyl sites for hydroxylation is 1. The fourth-order valence-corrected chi connectivity index (χ4v) is 5.81. The molecule has 0 radical (unpaired) electrons. The zero-order valence-electron chi connectivity index (χ0n) is 19.9. The number of quaternary nitrogens is 1. The minimum atomic E-state index is -0.292. The summed E-state index contributed by atoms with van der Waals surface area (Å²) in [6.07, 6.45) is 3.93. The Labute approximate surface area is 196 Å². The molecule has 1 fully saturated rings. The molecule has 174 valence electrons. The lowest BCUT2D eigenvalue weighted by atomic mass is 9.89. The number of rotatable bonds is 4. The van der Waals surface area contributed by atoms with Gasteiger partial charge in [-0.1, -0.05) is 24.3 Å². The molecule has 4 N–H and O–H groups in total. The Morgan fingerprint density at radius 2 is 1.85 bits per heavy atom. The van der Waals surface area contributed by atoms with Crippen LogP contribution < -0.4 is 20.4 Å². The van der Waals surface area contributed by atoms with Crippen LogP contribution in [-0.4, -0.2) is 54.7 Å². The van der Waals surface area contributed by atoms with Crippen LogP contribution >= 0.6 is 0 Å². The first kappa shape index (κ1) is 22.0. The van der Waals surface area contributed by atoms with Crippen LogP contribution in [0.1, 0.15) is 32.8 Å². The number of para-hydroxylation sites is 1. The van der Waals surface area contributed by atoms with Gasteiger partial charge in [0.25, 0.3) is 5.91 Å². The number of aromatic nitrogens is 1. The van der Waals surface area contributed by atoms with Crippen LogP contribution in [0.25, 0.3) is 10.9 Å². The standard InChI is InChI=1S/C27H35N5O/c1-27(2,3)31-26(33)25(23-12-11-19-7-4-5-8-21(19)30-23)32(17-15-28-16-18-32)24-10-6-9-22-20(24)13-14-29-22/h4-10,13-14,23,25,28-30H,11-12,15-18H2,1-3H3/p+1. The van der Waals surface area contributed by atoms with Gasteiger partial charge in [-0.25, -0.2) is 0 Å². The second-order valence-corrected chi connectivity index (χ2v) is 10.6. The highest BCUT2D eigenvalue weighted by Crippen LogP contribution is 2.38. The van der Waals surface area contributed by atoms with Crippen molar-refractivity contribution in [3.05, 3.63) is 60.3 Å². The highest BCUT2D eigenvalue weighted by Gasteiger charge is 2.51. The van der Waals surface area contributed by atoms with Crippen LogP contribution in [0.4, 0.5) is 11.4 Å². The molecule has 5 rings (SSSR count). The Morgan fingerprint density at radius 1 is 1.06 bits per heavy atom. The van der Waals surface area contributed by atoms with Crippen molar-refractivity contribution >= 4 is 28.2 Å². The van der Waals surface area contributed by atoms with Gasteiger partial charge in [0.1, 0.15) is 5.69 Å². The Kier molecular flexibility index (Phi) is 5.67. The molecule has 0 aliphatic carbocycles. The molecule has 2 atom stereocenters. The van der Waals surface area contributed by atoms with Crippen molar-refractivity contribution in [2.75, 3.05) is 31.5 Å². The Balaban J connectivity index is 1.64. The molecule has 6 nitrogen and oxygen atoms in total. The van der Waals surface area contributed by atoms with Crippen molar-refractivity contribution in [3.8, 4) is 0 Å². The zero-order chi connectivity index (χ0) is 23.1. The van der Waals surface area contributed by atoms with Gasteiger partial charge in [0.2, 0.25) is 0 Å². The van der Waals surface area contributed by atoms with Gasteiger partial charge in [0, 0.05) is 30.5 Å². The maximum absolute atomic E-state index is 14.1. The van der Waals surface area contributed by atoms with Crippen molar-refractivity contribution in [2.45, 2.75) is 51.2 Å². The maximum atomic E-state index is 14.1. The van der Waals surface area contributed by atoms with E-state index in [0.29, 0.717) is 4.48 Å². The van der Waals surface area contributed by atoms with E-state index in [1.54, 1.807) is 0 Å². The van der Waals surface area contributed by atoms with E-state index in [2.05, 4.69) is 90.2 Å². The molecule has 1 aromatic heterocycles. The van der Waals surface area contributed by atoms with Crippen LogP contribution in [0, 0.1) is 0 Å². The lowest BCUT2D eigenvalue weighted by Gasteiger charge is -2.50. The van der Waals surface area contributed by atoms with Gasteiger partial charge in [0.05, 0.1) is 30.0 Å². The molecule has 2 aliphatic rings. The molecule has 0 saturated carbocycles. The molecule has 3 heterocycles. The summed E-state index contributed by atoms with van der Waals surface area (Å²) in [5, 5.41) is 11.9. The summed E-state index contributed by atoms with van der Waals surface area (Å²) in [6.45, 7) is 9.76. The second-order valence-electron chi connectivity index (χ2n) is 10.6. The van der Waals surface area contributed by atoms with Crippen molar-refractivity contribution in [2.24, 2.45) is 0 Å². The predicted octanol–water partition coefficient (Wildman–Crippen LogP) is 3.79. The molecule has 33 heavy (non-hydrogen) atoms. The number of fused-ring (bicyclic) bond motifs is 2. The normalized spacial score (nSPS) is 21.1. The van der Waals surface area contributed by atoms with Crippen molar-refractivity contribution < 1.29 is 4.79 Å². The number of piperazine rings is 1. The number of anilines is 1. The van der Waals surface area contributed by atoms with Crippen LogP contribution in [0.5, 0.6) is 0 Å². The van der Waals surface area contributed by atoms with Gasteiger partial charge >= 0.3 is 0 Å². The predicted molar refractivity (Wildman–Crippen MR) is 137 cm³/mol. The maximum Gasteiger partial charge on any atom is 0.281 e. The van der Waals surface area contributed by atoms with Crippen molar-refractivity contribution in [3.63, 3.8) is 0 Å². The van der Waals surface area contributed by atoms with E-state index >= 15 is 0 Å². The second kappa shape index (κ2) is 8.50. The molecule has 2 aliphatic heterocycles. The van der Waals surface area contributed by atoms with E-state index in [1.807, 2.05) is 6.20 Å². The summed E-state index contributed by atoms with van der Waals surface area (Å²) in [5.74, 6) is 0.133. The molecule has 3 aromatic rings. The first-order valence-corrected chi connectivity index (χ1v) is 12.2. The SMILES string of the molecule is CC(C)(C)NC(=O)C(C1CCc2ccccc2N1)[N+]1(c2cccc3[nH]ccc23)CCNCC1. The topological polar surface area (TPSA) is 69.0 Å². The van der Waals surface area contributed by atoms with Crippen molar-refractivity contribution in [1.82, 2.24) is 20.1 Å². The number of aromatic amines is 1. The van der Waals surface area contributed by atoms with Gasteiger partial charge in [-0.15, -0.1) is 0 Å². The number of carbonyl (C=O) groups is 1. The minimum absolute atomic E-state index is 0.0505. The third-order valence-corrected chi connectivity index (χ3v) is 7.19. The van der Waals surface area contributed by atoms with E-state index < -0.39 is 0 Å². The van der Waals surface area contributed by atoms with Crippen LogP contribution in [-0.2, 0) is 11.2 Å². The lowest BCUT2D eigenvalue weighted by Crippen LogP contribution is -2.73. The molecule has 1 saturated heterocycles. The largest absolute Gasteiger partial charge is 0.376 e. The van der Waals surface area contributed by atoms with Gasteiger partial charge in [-0.3, -0.25) is 9.28 Å². The van der Waals surface area contributed by atoms with Gasteiger partial charge in [-0.05, 0) is 63.4 Å². The number of carbonyl (C=O) groups excluding carboxylic acids is 1. The van der Waals surface area contributed by atoms with E-state index in [9.17, 15) is 4.79 Å². The number of amides is 1. The third kappa shape index (κ3) is 4.13. The Hall–Kier alpha value is -2.83. The number of hydrogen-bond donors (Lipinski definition) is 4. The molecule has 0 spiro atoms. The summed E-state index contributed by atoms with van der Waals surface area (Å²) in [4.78, 5) is 17.5. The average Bonchev–Trinajstić information content (AvgIpc) is 3.27. The van der Waals surface area contributed by atoms with E-state index in [1.165, 1.54) is 16.6 Å². The minimum Gasteiger partial charge on any atom is -0.376 e. The van der Waals surface area contributed by atoms with Crippen molar-refractivity contribution in [1.29, 1.82) is 0 Å². The Morgan fingerprint density at radius 3 is 2.64 bits per heavy atom. The van der Waals surface area contributed by atoms with Crippen LogP contribution in [0.15, 0.2) is 54.7 Å². The summed E-state index contributed by atoms with van der Waals surface area (Å²) in [6, 6.07) is 17.0. The number of nitrogens with zero attached hydrogens (tertiary/aromatic N) is 1. The summed E-state index contributed by atoms with van der Waals surface area (Å²) < 4.78 is 0.657. The smallest absolute Gasteiger partial charge is 0.281 e. The Bertz CT molecular complexity index is 1140. The molecule has 1 amide bonds. The van der Waals surface area contributed by atoms with Gasteiger partial charge in [-0.2, -0.15) is 0 Å². The van der Waals surface area contributed by atoms with Crippen LogP contribution in [0.2, 0.25) is 0 Å². The molecule has 0 bridgehead atoms. The average molecular weight is 447 g/mol. The fraction of sp³-hybridized carbons (Fsp3) is 0.444. The molecule has 2 aromatic carbocycles. The summed E-state index contributed by atoms with van der Waals surface area (Å²) in [7, 11) is 0. The monoisotopic (exact) mass is 446 g/mol. The van der Waals surface area contributed by atoms with E-state index in [-0.39, 0.29) is 23.5 Å². The first-order chi connectivity index (χ1) is 15.9. The summed E-state index contributed by atoms with van der Waals surface area (Å²) in [5.41, 5.74) is 4.57. The molecule has 6 heteroatoms. The van der Waals surface area contributed by atoms with Crippen LogP contribution in [0.3, 0.4) is 0 Å². The first-order valence-electron chi connectivity index (χ1n) is 12.2. The molecular weight excluding hydrogens is 410 g/mol. The van der Waals surface area contributed by atoms with E-state index in [0.717, 1.165) is 50.2 Å². The highest BCUT2D eigenvalue weighted by molar-refractivity contribution is 5.94. The lowest BCUT2D eigenvalue weighted by molar-refractivity contribution is -0.128. The number of benzene rings is 2. The fourth-order valence-electron chi connectivity index (χ4n) is 5.81. The number of nitrogens with one attached hydrogen (secondary N) is 4. The molecular formula is C27H36N5O+. The quantitative estimate of drug-likeness (QED) is 0.461. The molecule has 2 unspecified atom stereocenters. The van der Waals surface area contributed by atoms with E-state index in [4.69, 9.17) is 0 Å². The van der Waals surface area contributed by atoms with Gasteiger partial charge in [0.15, 0.2) is 6.04 Å². The third-order valence-electron chi connectivity index (χ3n) is 7.19.